The van der Waals surface area contributed by atoms with Gasteiger partial charge in [-0.3, -0.25) is 9.59 Å². The number of benzene rings is 3. The average Bonchev–Trinajstić information content (AvgIpc) is 2.72. The van der Waals surface area contributed by atoms with Crippen molar-refractivity contribution in [2.24, 2.45) is 0 Å². The third-order valence-corrected chi connectivity index (χ3v) is 4.67. The van der Waals surface area contributed by atoms with Crippen molar-refractivity contribution < 1.29 is 9.59 Å². The number of nitrogens with one attached hydrogen (secondary N) is 3. The highest BCUT2D eigenvalue weighted by molar-refractivity contribution is 5.98. The van der Waals surface area contributed by atoms with Gasteiger partial charge in [0.1, 0.15) is 0 Å². The largest absolute Gasteiger partial charge is 0.376 e. The van der Waals surface area contributed by atoms with Gasteiger partial charge in [0.2, 0.25) is 11.8 Å². The minimum Gasteiger partial charge on any atom is -0.376 e. The molecule has 3 N–H and O–H groups in total. The van der Waals surface area contributed by atoms with E-state index in [0.29, 0.717) is 17.8 Å². The molecular weight excluding hydrogens is 362 g/mol. The maximum Gasteiger partial charge on any atom is 0.243 e. The maximum absolute atomic E-state index is 12.4. The molecule has 0 saturated carbocycles. The molecule has 0 spiro atoms. The Balaban J connectivity index is 1.54. The summed E-state index contributed by atoms with van der Waals surface area (Å²) in [5.41, 5.74) is 2.26. The predicted octanol–water partition coefficient (Wildman–Crippen LogP) is 5.41. The summed E-state index contributed by atoms with van der Waals surface area (Å²) in [4.78, 5) is 24.3. The minimum atomic E-state index is -0.149. The normalized spacial score (nSPS) is 10.5. The van der Waals surface area contributed by atoms with Crippen LogP contribution in [0.1, 0.15) is 32.6 Å². The van der Waals surface area contributed by atoms with E-state index < -0.39 is 0 Å². The second-order valence-electron chi connectivity index (χ2n) is 7.01. The number of amides is 2. The fraction of sp³-hybridized carbons (Fsp3) is 0.250. The van der Waals surface area contributed by atoms with Crippen LogP contribution < -0.4 is 16.0 Å². The molecule has 3 aromatic carbocycles. The van der Waals surface area contributed by atoms with E-state index in [-0.39, 0.29) is 18.4 Å². The number of unbranched alkanes of at least 4 members (excludes halogenated alkanes) is 2. The van der Waals surface area contributed by atoms with Crippen LogP contribution in [0.2, 0.25) is 0 Å². The van der Waals surface area contributed by atoms with Crippen molar-refractivity contribution in [2.75, 3.05) is 22.5 Å². The molecule has 0 fully saturated rings. The summed E-state index contributed by atoms with van der Waals surface area (Å²) in [7, 11) is 0. The van der Waals surface area contributed by atoms with Gasteiger partial charge in [-0.25, -0.2) is 0 Å². The van der Waals surface area contributed by atoms with Crippen LogP contribution in [0, 0.1) is 0 Å². The third kappa shape index (κ3) is 6.07. The fourth-order valence-electron chi connectivity index (χ4n) is 3.19. The third-order valence-electron chi connectivity index (χ3n) is 4.67. The van der Waals surface area contributed by atoms with E-state index in [2.05, 4.69) is 22.9 Å². The van der Waals surface area contributed by atoms with Crippen molar-refractivity contribution in [2.45, 2.75) is 32.6 Å². The van der Waals surface area contributed by atoms with Gasteiger partial charge in [-0.1, -0.05) is 62.2 Å². The lowest BCUT2D eigenvalue weighted by atomic mass is 10.1. The van der Waals surface area contributed by atoms with Crippen LogP contribution in [-0.2, 0) is 9.59 Å². The summed E-state index contributed by atoms with van der Waals surface area (Å²) in [5, 5.41) is 11.2. The fourth-order valence-corrected chi connectivity index (χ4v) is 3.19. The van der Waals surface area contributed by atoms with Gasteiger partial charge in [-0.05, 0) is 36.1 Å². The van der Waals surface area contributed by atoms with Crippen LogP contribution in [0.25, 0.3) is 10.8 Å². The molecule has 5 heteroatoms. The summed E-state index contributed by atoms with van der Waals surface area (Å²) in [5.74, 6) is -0.149. The molecular formula is C24H27N3O2. The molecule has 0 saturated heterocycles. The minimum absolute atomic E-state index is 0.000418. The van der Waals surface area contributed by atoms with E-state index >= 15 is 0 Å². The van der Waals surface area contributed by atoms with Gasteiger partial charge in [0, 0.05) is 28.9 Å². The molecule has 0 bridgehead atoms. The second-order valence-corrected chi connectivity index (χ2v) is 7.01. The van der Waals surface area contributed by atoms with E-state index in [1.54, 1.807) is 6.07 Å². The smallest absolute Gasteiger partial charge is 0.243 e. The first-order valence-corrected chi connectivity index (χ1v) is 10.1. The Labute approximate surface area is 171 Å². The summed E-state index contributed by atoms with van der Waals surface area (Å²) in [6.45, 7) is 2.26. The van der Waals surface area contributed by atoms with Crippen LogP contribution in [0.3, 0.4) is 0 Å². The summed E-state index contributed by atoms with van der Waals surface area (Å²) in [6, 6.07) is 21.2. The van der Waals surface area contributed by atoms with Crippen LogP contribution in [0.4, 0.5) is 17.1 Å². The van der Waals surface area contributed by atoms with Gasteiger partial charge in [0.15, 0.2) is 0 Å². The number of carbonyl (C=O) groups excluding carboxylic acids is 2. The summed E-state index contributed by atoms with van der Waals surface area (Å²) >= 11 is 0. The lowest BCUT2D eigenvalue weighted by Crippen LogP contribution is -2.22. The van der Waals surface area contributed by atoms with Crippen molar-refractivity contribution in [3.8, 4) is 0 Å². The Hall–Kier alpha value is -3.34. The molecule has 5 nitrogen and oxygen atoms in total. The molecule has 0 aromatic heterocycles. The lowest BCUT2D eigenvalue weighted by Gasteiger charge is -2.11. The molecule has 0 radical (unpaired) electrons. The van der Waals surface area contributed by atoms with Crippen LogP contribution >= 0.6 is 0 Å². The van der Waals surface area contributed by atoms with Crippen molar-refractivity contribution in [1.82, 2.24) is 0 Å². The highest BCUT2D eigenvalue weighted by atomic mass is 16.2. The van der Waals surface area contributed by atoms with Crippen molar-refractivity contribution in [3.05, 3.63) is 66.7 Å². The highest BCUT2D eigenvalue weighted by Crippen LogP contribution is 2.22. The molecule has 0 aliphatic rings. The zero-order valence-electron chi connectivity index (χ0n) is 16.7. The van der Waals surface area contributed by atoms with E-state index in [0.717, 1.165) is 35.7 Å². The molecule has 29 heavy (non-hydrogen) atoms. The Morgan fingerprint density at radius 1 is 0.793 bits per heavy atom. The van der Waals surface area contributed by atoms with Gasteiger partial charge in [0.05, 0.1) is 6.54 Å². The number of hydrogen-bond acceptors (Lipinski definition) is 3. The zero-order chi connectivity index (χ0) is 20.5. The Kier molecular flexibility index (Phi) is 7.22. The standard InChI is InChI=1S/C24H27N3O2/c1-2-3-4-15-23(28)26-19-11-8-12-20(16-19)27-24(29)17-25-22-14-7-10-18-9-5-6-13-21(18)22/h5-14,16,25H,2-4,15,17H2,1H3,(H,26,28)(H,27,29). The van der Waals surface area contributed by atoms with Crippen molar-refractivity contribution >= 4 is 39.6 Å². The van der Waals surface area contributed by atoms with Gasteiger partial charge in [-0.15, -0.1) is 0 Å². The molecule has 3 rings (SSSR count). The second kappa shape index (κ2) is 10.3. The van der Waals surface area contributed by atoms with Gasteiger partial charge < -0.3 is 16.0 Å². The molecule has 0 atom stereocenters. The number of hydrogen-bond donors (Lipinski definition) is 3. The molecule has 150 valence electrons. The SMILES string of the molecule is CCCCCC(=O)Nc1cccc(NC(=O)CNc2cccc3ccccc23)c1. The Morgan fingerprint density at radius 2 is 1.48 bits per heavy atom. The number of anilines is 3. The van der Waals surface area contributed by atoms with Gasteiger partial charge in [-0.2, -0.15) is 0 Å². The van der Waals surface area contributed by atoms with Gasteiger partial charge in [0.25, 0.3) is 0 Å². The molecule has 0 aliphatic heterocycles. The monoisotopic (exact) mass is 389 g/mol. The molecule has 2 amide bonds. The lowest BCUT2D eigenvalue weighted by molar-refractivity contribution is -0.116. The van der Waals surface area contributed by atoms with Crippen LogP contribution in [-0.4, -0.2) is 18.4 Å². The molecule has 0 aliphatic carbocycles. The number of fused-ring (bicyclic) bond motifs is 1. The van der Waals surface area contributed by atoms with Gasteiger partial charge >= 0.3 is 0 Å². The van der Waals surface area contributed by atoms with E-state index in [1.165, 1.54) is 0 Å². The molecule has 0 heterocycles. The quantitative estimate of drug-likeness (QED) is 0.429. The van der Waals surface area contributed by atoms with E-state index in [1.807, 2.05) is 60.7 Å². The van der Waals surface area contributed by atoms with E-state index in [4.69, 9.17) is 0 Å². The van der Waals surface area contributed by atoms with Crippen LogP contribution in [0.5, 0.6) is 0 Å². The average molecular weight is 389 g/mol. The molecule has 0 unspecified atom stereocenters. The van der Waals surface area contributed by atoms with Crippen molar-refractivity contribution in [3.63, 3.8) is 0 Å². The Morgan fingerprint density at radius 3 is 2.28 bits per heavy atom. The van der Waals surface area contributed by atoms with Crippen molar-refractivity contribution in [1.29, 1.82) is 0 Å². The first kappa shape index (κ1) is 20.4. The first-order chi connectivity index (χ1) is 14.2. The topological polar surface area (TPSA) is 70.2 Å². The zero-order valence-corrected chi connectivity index (χ0v) is 16.7. The van der Waals surface area contributed by atoms with Crippen LogP contribution in [0.15, 0.2) is 66.7 Å². The number of carbonyl (C=O) groups is 2. The maximum atomic E-state index is 12.4. The highest BCUT2D eigenvalue weighted by Gasteiger charge is 2.07. The molecule has 3 aromatic rings. The first-order valence-electron chi connectivity index (χ1n) is 10.1. The summed E-state index contributed by atoms with van der Waals surface area (Å²) in [6.07, 6.45) is 3.53. The predicted molar refractivity (Wildman–Crippen MR) is 120 cm³/mol. The Bertz CT molecular complexity index is 979. The number of rotatable bonds is 9. The van der Waals surface area contributed by atoms with E-state index in [9.17, 15) is 9.59 Å². The summed E-state index contributed by atoms with van der Waals surface area (Å²) < 4.78 is 0.